The van der Waals surface area contributed by atoms with Gasteiger partial charge in [0.1, 0.15) is 5.82 Å². The van der Waals surface area contributed by atoms with E-state index in [1.54, 1.807) is 13.8 Å². The Hall–Kier alpha value is -3.24. The van der Waals surface area contributed by atoms with Crippen molar-refractivity contribution in [2.75, 3.05) is 11.9 Å². The Morgan fingerprint density at radius 2 is 1.93 bits per heavy atom. The van der Waals surface area contributed by atoms with Crippen LogP contribution in [0.3, 0.4) is 0 Å². The lowest BCUT2D eigenvalue weighted by Gasteiger charge is -2.13. The fraction of sp³-hybridized carbons (Fsp3) is 0.158. The molecule has 0 bridgehead atoms. The van der Waals surface area contributed by atoms with Crippen molar-refractivity contribution in [2.24, 2.45) is 5.14 Å². The van der Waals surface area contributed by atoms with Gasteiger partial charge in [0.25, 0.3) is 5.91 Å². The minimum absolute atomic E-state index is 0.140. The molecule has 0 saturated carbocycles. The Kier molecular flexibility index (Phi) is 5.40. The summed E-state index contributed by atoms with van der Waals surface area (Å²) in [6.45, 7) is 2.79. The maximum atomic E-state index is 13.2. The summed E-state index contributed by atoms with van der Waals surface area (Å²) in [5.41, 5.74) is 2.10. The van der Waals surface area contributed by atoms with Crippen LogP contribution in [0.25, 0.3) is 10.9 Å². The molecule has 0 unspecified atom stereocenters. The van der Waals surface area contributed by atoms with Crippen molar-refractivity contribution < 1.29 is 27.1 Å². The van der Waals surface area contributed by atoms with E-state index in [0.717, 1.165) is 0 Å². The maximum absolute atomic E-state index is 13.2. The Bertz CT molecular complexity index is 1230. The lowest BCUT2D eigenvalue weighted by Crippen LogP contribution is -2.22. The Morgan fingerprint density at radius 1 is 1.21 bits per heavy atom. The summed E-state index contributed by atoms with van der Waals surface area (Å²) in [4.78, 5) is 27.1. The van der Waals surface area contributed by atoms with Gasteiger partial charge in [-0.05, 0) is 55.3 Å². The number of hydrogen-bond acceptors (Lipinski definition) is 5. The van der Waals surface area contributed by atoms with E-state index in [0.29, 0.717) is 22.0 Å². The Labute approximate surface area is 165 Å². The second kappa shape index (κ2) is 7.64. The number of anilines is 1. The van der Waals surface area contributed by atoms with Gasteiger partial charge in [0, 0.05) is 22.8 Å². The number of esters is 1. The summed E-state index contributed by atoms with van der Waals surface area (Å²) in [6, 6.07) is 6.53. The second-order valence-corrected chi connectivity index (χ2v) is 8.04. The number of sulfonamides is 1. The van der Waals surface area contributed by atoms with E-state index in [1.165, 1.54) is 36.5 Å². The average Bonchev–Trinajstić information content (AvgIpc) is 3.05. The summed E-state index contributed by atoms with van der Waals surface area (Å²) < 4.78 is 41.4. The van der Waals surface area contributed by atoms with E-state index in [2.05, 4.69) is 10.3 Å². The van der Waals surface area contributed by atoms with E-state index < -0.39 is 34.3 Å². The van der Waals surface area contributed by atoms with Gasteiger partial charge in [-0.1, -0.05) is 0 Å². The number of halogens is 1. The zero-order valence-electron chi connectivity index (χ0n) is 15.6. The van der Waals surface area contributed by atoms with Crippen LogP contribution in [-0.2, 0) is 19.6 Å². The number of primary sulfonamides is 1. The number of aromatic nitrogens is 1. The van der Waals surface area contributed by atoms with Gasteiger partial charge < -0.3 is 15.0 Å². The molecule has 4 N–H and O–H groups in total. The smallest absolute Gasteiger partial charge is 0.340 e. The van der Waals surface area contributed by atoms with Crippen LogP contribution in [0, 0.1) is 19.7 Å². The molecule has 0 atom stereocenters. The molecule has 8 nitrogen and oxygen atoms in total. The van der Waals surface area contributed by atoms with E-state index in [9.17, 15) is 22.4 Å². The minimum atomic E-state index is -3.95. The summed E-state index contributed by atoms with van der Waals surface area (Å²) in [6.07, 6.45) is 1.37. The predicted molar refractivity (Wildman–Crippen MR) is 104 cm³/mol. The number of aromatic amines is 1. The van der Waals surface area contributed by atoms with Crippen molar-refractivity contribution in [1.82, 2.24) is 4.98 Å². The van der Waals surface area contributed by atoms with Crippen molar-refractivity contribution in [1.29, 1.82) is 0 Å². The molecule has 0 aliphatic heterocycles. The minimum Gasteiger partial charge on any atom is -0.452 e. The van der Waals surface area contributed by atoms with Crippen molar-refractivity contribution >= 4 is 38.5 Å². The van der Waals surface area contributed by atoms with Crippen molar-refractivity contribution in [2.45, 2.75) is 18.7 Å². The highest BCUT2D eigenvalue weighted by Crippen LogP contribution is 2.24. The molecular weight excluding hydrogens is 401 g/mol. The van der Waals surface area contributed by atoms with Crippen LogP contribution < -0.4 is 10.5 Å². The molecule has 10 heteroatoms. The summed E-state index contributed by atoms with van der Waals surface area (Å²) in [7, 11) is -3.95. The van der Waals surface area contributed by atoms with Gasteiger partial charge in [0.15, 0.2) is 6.61 Å². The third-order valence-electron chi connectivity index (χ3n) is 4.44. The van der Waals surface area contributed by atoms with Gasteiger partial charge in [-0.25, -0.2) is 22.7 Å². The molecule has 3 aromatic rings. The number of aryl methyl sites for hydroxylation is 1. The highest BCUT2D eigenvalue weighted by atomic mass is 32.2. The first kappa shape index (κ1) is 20.5. The molecule has 29 heavy (non-hydrogen) atoms. The third-order valence-corrected chi connectivity index (χ3v) is 5.33. The van der Waals surface area contributed by atoms with E-state index >= 15 is 0 Å². The largest absolute Gasteiger partial charge is 0.452 e. The fourth-order valence-corrected chi connectivity index (χ4v) is 3.41. The normalized spacial score (nSPS) is 11.4. The highest BCUT2D eigenvalue weighted by molar-refractivity contribution is 7.89. The van der Waals surface area contributed by atoms with Crippen LogP contribution in [0.4, 0.5) is 10.1 Å². The first-order valence-electron chi connectivity index (χ1n) is 8.44. The lowest BCUT2D eigenvalue weighted by molar-refractivity contribution is -0.119. The zero-order valence-corrected chi connectivity index (χ0v) is 16.4. The molecule has 1 aromatic heterocycles. The molecule has 0 saturated heterocycles. The number of rotatable bonds is 5. The van der Waals surface area contributed by atoms with E-state index in [4.69, 9.17) is 9.88 Å². The number of amides is 1. The first-order chi connectivity index (χ1) is 13.6. The molecular formula is C19H18FN3O5S. The average molecular weight is 419 g/mol. The van der Waals surface area contributed by atoms with Gasteiger partial charge >= 0.3 is 5.97 Å². The van der Waals surface area contributed by atoms with Gasteiger partial charge in [0.05, 0.1) is 10.5 Å². The Morgan fingerprint density at radius 3 is 2.62 bits per heavy atom. The first-order valence-corrected chi connectivity index (χ1v) is 9.98. The molecule has 0 aliphatic rings. The van der Waals surface area contributed by atoms with Gasteiger partial charge in [-0.3, -0.25) is 4.79 Å². The third kappa shape index (κ3) is 4.44. The van der Waals surface area contributed by atoms with Crippen LogP contribution in [0.1, 0.15) is 21.5 Å². The zero-order chi connectivity index (χ0) is 21.3. The summed E-state index contributed by atoms with van der Waals surface area (Å²) in [5, 5.41) is 8.12. The maximum Gasteiger partial charge on any atom is 0.340 e. The number of nitrogens with two attached hydrogens (primary N) is 1. The van der Waals surface area contributed by atoms with Crippen LogP contribution in [-0.4, -0.2) is 31.9 Å². The van der Waals surface area contributed by atoms with E-state index in [-0.39, 0.29) is 16.1 Å². The highest BCUT2D eigenvalue weighted by Gasteiger charge is 2.17. The van der Waals surface area contributed by atoms with Crippen molar-refractivity contribution in [3.63, 3.8) is 0 Å². The second-order valence-electron chi connectivity index (χ2n) is 6.47. The monoisotopic (exact) mass is 419 g/mol. The molecule has 2 aromatic carbocycles. The molecule has 0 fully saturated rings. The molecule has 3 rings (SSSR count). The quantitative estimate of drug-likeness (QED) is 0.547. The van der Waals surface area contributed by atoms with Crippen molar-refractivity contribution in [3.05, 3.63) is 59.0 Å². The number of hydrogen-bond donors (Lipinski definition) is 3. The van der Waals surface area contributed by atoms with Crippen molar-refractivity contribution in [3.8, 4) is 0 Å². The van der Waals surface area contributed by atoms with E-state index in [1.807, 2.05) is 0 Å². The molecule has 1 heterocycles. The predicted octanol–water partition coefficient (Wildman–Crippen LogP) is 2.37. The van der Waals surface area contributed by atoms with Gasteiger partial charge in [0.2, 0.25) is 10.0 Å². The SMILES string of the molecule is Cc1cc(S(N)(=O)=O)cc(NC(=O)COC(=O)c2c[nH]c3cc(F)ccc23)c1C. The van der Waals surface area contributed by atoms with Gasteiger partial charge in [-0.15, -0.1) is 0 Å². The Balaban J connectivity index is 1.71. The number of carbonyl (C=O) groups is 2. The molecule has 0 spiro atoms. The lowest BCUT2D eigenvalue weighted by atomic mass is 10.1. The number of carbonyl (C=O) groups excluding carboxylic acids is 2. The fourth-order valence-electron chi connectivity index (χ4n) is 2.78. The van der Waals surface area contributed by atoms with Crippen LogP contribution in [0.15, 0.2) is 41.4 Å². The van der Waals surface area contributed by atoms with Crippen LogP contribution in [0.2, 0.25) is 0 Å². The van der Waals surface area contributed by atoms with Crippen LogP contribution >= 0.6 is 0 Å². The van der Waals surface area contributed by atoms with Gasteiger partial charge in [-0.2, -0.15) is 0 Å². The number of H-pyrrole nitrogens is 1. The molecule has 152 valence electrons. The summed E-state index contributed by atoms with van der Waals surface area (Å²) >= 11 is 0. The number of fused-ring (bicyclic) bond motifs is 1. The summed E-state index contributed by atoms with van der Waals surface area (Å²) in [5.74, 6) is -1.87. The number of nitrogens with one attached hydrogen (secondary N) is 2. The number of ether oxygens (including phenoxy) is 1. The molecule has 1 amide bonds. The topological polar surface area (TPSA) is 131 Å². The standard InChI is InChI=1S/C19H18FN3O5S/c1-10-5-13(29(21,26)27)7-16(11(10)2)23-18(24)9-28-19(25)15-8-22-17-6-12(20)3-4-14(15)17/h3-8,22H,9H2,1-2H3,(H,23,24)(H2,21,26,27). The van der Waals surface area contributed by atoms with Crippen LogP contribution in [0.5, 0.6) is 0 Å². The molecule has 0 radical (unpaired) electrons. The molecule has 0 aliphatic carbocycles. The number of benzene rings is 2.